The van der Waals surface area contributed by atoms with Gasteiger partial charge in [-0.25, -0.2) is 9.18 Å². The lowest BCUT2D eigenvalue weighted by atomic mass is 10.2. The van der Waals surface area contributed by atoms with Gasteiger partial charge in [-0.3, -0.25) is 4.79 Å². The Labute approximate surface area is 118 Å². The summed E-state index contributed by atoms with van der Waals surface area (Å²) in [5.41, 5.74) is 0.0332. The number of anilines is 2. The third-order valence-corrected chi connectivity index (χ3v) is 2.60. The maximum atomic E-state index is 13.7. The van der Waals surface area contributed by atoms with Crippen LogP contribution in [0.15, 0.2) is 30.3 Å². The van der Waals surface area contributed by atoms with Crippen molar-refractivity contribution in [3.05, 3.63) is 47.4 Å². The van der Waals surface area contributed by atoms with Crippen molar-refractivity contribution in [2.24, 2.45) is 0 Å². The molecule has 0 radical (unpaired) electrons. The molecule has 7 nitrogen and oxygen atoms in total. The molecule has 0 aliphatic rings. The van der Waals surface area contributed by atoms with Gasteiger partial charge in [0.05, 0.1) is 11.3 Å². The van der Waals surface area contributed by atoms with E-state index in [9.17, 15) is 14.0 Å². The normalized spacial score (nSPS) is 10.0. The summed E-state index contributed by atoms with van der Waals surface area (Å²) >= 11 is 0. The Bertz CT molecular complexity index is 688. The number of carbonyl (C=O) groups excluding carboxylic acids is 1. The van der Waals surface area contributed by atoms with Gasteiger partial charge in [0, 0.05) is 7.05 Å². The van der Waals surface area contributed by atoms with Crippen molar-refractivity contribution in [3.63, 3.8) is 0 Å². The summed E-state index contributed by atoms with van der Waals surface area (Å²) in [6.07, 6.45) is 0. The molecule has 2 rings (SSSR count). The minimum absolute atomic E-state index is 0.0574. The van der Waals surface area contributed by atoms with E-state index in [4.69, 9.17) is 5.11 Å². The van der Waals surface area contributed by atoms with Gasteiger partial charge in [0.2, 0.25) is 0 Å². The third-order valence-electron chi connectivity index (χ3n) is 2.60. The van der Waals surface area contributed by atoms with Crippen LogP contribution < -0.4 is 10.6 Å². The highest BCUT2D eigenvalue weighted by Gasteiger charge is 2.10. The van der Waals surface area contributed by atoms with Crippen LogP contribution in [0.1, 0.15) is 20.8 Å². The summed E-state index contributed by atoms with van der Waals surface area (Å²) in [6.45, 7) is 0. The fourth-order valence-corrected chi connectivity index (χ4v) is 1.54. The number of rotatable bonds is 4. The van der Waals surface area contributed by atoms with Crippen molar-refractivity contribution in [1.29, 1.82) is 0 Å². The minimum Gasteiger partial charge on any atom is -0.478 e. The molecule has 1 aromatic heterocycles. The van der Waals surface area contributed by atoms with Crippen molar-refractivity contribution in [3.8, 4) is 0 Å². The van der Waals surface area contributed by atoms with E-state index in [-0.39, 0.29) is 28.7 Å². The van der Waals surface area contributed by atoms with E-state index in [1.807, 2.05) is 0 Å². The van der Waals surface area contributed by atoms with Crippen molar-refractivity contribution >= 4 is 23.4 Å². The Morgan fingerprint density at radius 1 is 1.19 bits per heavy atom. The van der Waals surface area contributed by atoms with Gasteiger partial charge in [-0.05, 0) is 30.3 Å². The molecule has 21 heavy (non-hydrogen) atoms. The minimum atomic E-state index is -1.21. The molecule has 0 spiro atoms. The molecule has 0 aliphatic heterocycles. The number of carboxylic acid groups (broad SMARTS) is 1. The van der Waals surface area contributed by atoms with Gasteiger partial charge in [0.25, 0.3) is 5.91 Å². The lowest BCUT2D eigenvalue weighted by Crippen LogP contribution is -2.19. The summed E-state index contributed by atoms with van der Waals surface area (Å²) in [5.74, 6) is -2.10. The summed E-state index contributed by atoms with van der Waals surface area (Å²) in [6, 6.07) is 6.34. The van der Waals surface area contributed by atoms with Crippen LogP contribution in [0.2, 0.25) is 0 Å². The molecular weight excluding hydrogens is 279 g/mol. The maximum Gasteiger partial charge on any atom is 0.335 e. The second-order valence-corrected chi connectivity index (χ2v) is 4.01. The van der Waals surface area contributed by atoms with Gasteiger partial charge in [0.15, 0.2) is 11.5 Å². The first kappa shape index (κ1) is 14.4. The fraction of sp³-hybridized carbons (Fsp3) is 0.0769. The van der Waals surface area contributed by atoms with E-state index in [1.165, 1.54) is 31.3 Å². The molecule has 0 fully saturated rings. The molecule has 0 aliphatic carbocycles. The van der Waals surface area contributed by atoms with Crippen molar-refractivity contribution < 1.29 is 19.1 Å². The van der Waals surface area contributed by atoms with Crippen LogP contribution in [-0.2, 0) is 0 Å². The maximum absolute atomic E-state index is 13.7. The van der Waals surface area contributed by atoms with E-state index in [0.29, 0.717) is 0 Å². The number of nitrogens with zero attached hydrogens (tertiary/aromatic N) is 2. The molecule has 0 unspecified atom stereocenters. The highest BCUT2D eigenvalue weighted by molar-refractivity contribution is 5.92. The van der Waals surface area contributed by atoms with Gasteiger partial charge in [-0.15, -0.1) is 10.2 Å². The van der Waals surface area contributed by atoms with E-state index in [1.54, 1.807) is 0 Å². The largest absolute Gasteiger partial charge is 0.478 e. The van der Waals surface area contributed by atoms with Gasteiger partial charge >= 0.3 is 5.97 Å². The number of aromatic carboxylic acids is 1. The topological polar surface area (TPSA) is 104 Å². The molecule has 0 saturated heterocycles. The molecule has 2 aromatic rings. The molecule has 0 atom stereocenters. The lowest BCUT2D eigenvalue weighted by molar-refractivity contribution is 0.0696. The predicted molar refractivity (Wildman–Crippen MR) is 72.1 cm³/mol. The van der Waals surface area contributed by atoms with Gasteiger partial charge in [-0.2, -0.15) is 0 Å². The number of benzene rings is 1. The monoisotopic (exact) mass is 290 g/mol. The summed E-state index contributed by atoms with van der Waals surface area (Å²) in [5, 5.41) is 21.2. The second kappa shape index (κ2) is 5.95. The molecule has 108 valence electrons. The highest BCUT2D eigenvalue weighted by Crippen LogP contribution is 2.19. The first-order valence-corrected chi connectivity index (χ1v) is 5.87. The van der Waals surface area contributed by atoms with Crippen molar-refractivity contribution in [2.75, 3.05) is 12.4 Å². The molecule has 1 aromatic carbocycles. The molecule has 1 amide bonds. The third kappa shape index (κ3) is 3.30. The second-order valence-electron chi connectivity index (χ2n) is 4.01. The number of halogens is 1. The van der Waals surface area contributed by atoms with Crippen LogP contribution in [0.25, 0.3) is 0 Å². The zero-order chi connectivity index (χ0) is 15.4. The van der Waals surface area contributed by atoms with Crippen LogP contribution in [0, 0.1) is 5.82 Å². The van der Waals surface area contributed by atoms with Gasteiger partial charge in [-0.1, -0.05) is 0 Å². The first-order valence-electron chi connectivity index (χ1n) is 5.87. The lowest BCUT2D eigenvalue weighted by Gasteiger charge is -2.07. The van der Waals surface area contributed by atoms with E-state index in [2.05, 4.69) is 20.8 Å². The number of hydrogen-bond acceptors (Lipinski definition) is 5. The molecule has 0 bridgehead atoms. The van der Waals surface area contributed by atoms with Crippen LogP contribution >= 0.6 is 0 Å². The average molecular weight is 290 g/mol. The Hall–Kier alpha value is -3.03. The number of amides is 1. The van der Waals surface area contributed by atoms with Gasteiger partial charge < -0.3 is 15.7 Å². The highest BCUT2D eigenvalue weighted by atomic mass is 19.1. The molecule has 3 N–H and O–H groups in total. The Balaban J connectivity index is 2.18. The molecule has 0 saturated carbocycles. The number of aromatic nitrogens is 2. The van der Waals surface area contributed by atoms with Gasteiger partial charge in [0.1, 0.15) is 5.82 Å². The number of carbonyl (C=O) groups is 2. The van der Waals surface area contributed by atoms with Crippen molar-refractivity contribution in [2.45, 2.75) is 0 Å². The van der Waals surface area contributed by atoms with Crippen molar-refractivity contribution in [1.82, 2.24) is 15.5 Å². The fourth-order valence-electron chi connectivity index (χ4n) is 1.54. The Kier molecular flexibility index (Phi) is 4.07. The smallest absolute Gasteiger partial charge is 0.335 e. The molecule has 1 heterocycles. The van der Waals surface area contributed by atoms with E-state index < -0.39 is 11.8 Å². The summed E-state index contributed by atoms with van der Waals surface area (Å²) in [4.78, 5) is 22.0. The summed E-state index contributed by atoms with van der Waals surface area (Å²) < 4.78 is 13.7. The Morgan fingerprint density at radius 3 is 2.48 bits per heavy atom. The number of carboxylic acids is 1. The zero-order valence-corrected chi connectivity index (χ0v) is 10.9. The Morgan fingerprint density at radius 2 is 1.95 bits per heavy atom. The van der Waals surface area contributed by atoms with E-state index in [0.717, 1.165) is 6.07 Å². The zero-order valence-electron chi connectivity index (χ0n) is 10.9. The molecule has 8 heteroatoms. The van der Waals surface area contributed by atoms with Crippen LogP contribution in [0.3, 0.4) is 0 Å². The molecular formula is C13H11FN4O3. The van der Waals surface area contributed by atoms with Crippen LogP contribution in [-0.4, -0.2) is 34.2 Å². The quantitative estimate of drug-likeness (QED) is 0.786. The van der Waals surface area contributed by atoms with E-state index >= 15 is 0 Å². The number of nitrogens with one attached hydrogen (secondary N) is 2. The SMILES string of the molecule is CNC(=O)c1ccc(Nc2ccc(C(=O)O)cc2F)nn1. The summed E-state index contributed by atoms with van der Waals surface area (Å²) in [7, 11) is 1.47. The van der Waals surface area contributed by atoms with Crippen LogP contribution in [0.5, 0.6) is 0 Å². The average Bonchev–Trinajstić information content (AvgIpc) is 2.49. The predicted octanol–water partition coefficient (Wildman–Crippen LogP) is 1.42. The number of hydrogen-bond donors (Lipinski definition) is 3. The first-order chi connectivity index (χ1) is 10.0. The standard InChI is InChI=1S/C13H11FN4O3/c1-15-12(19)10-4-5-11(18-17-10)16-9-3-2-7(13(20)21)6-8(9)14/h2-6H,1H3,(H,15,19)(H,16,18)(H,20,21). The van der Waals surface area contributed by atoms with Crippen LogP contribution in [0.4, 0.5) is 15.9 Å².